The highest BCUT2D eigenvalue weighted by Crippen LogP contribution is 2.23. The zero-order valence-electron chi connectivity index (χ0n) is 7.23. The quantitative estimate of drug-likeness (QED) is 0.271. The fraction of sp³-hybridized carbons (Fsp3) is 0.375. The fourth-order valence-corrected chi connectivity index (χ4v) is 2.42. The summed E-state index contributed by atoms with van der Waals surface area (Å²) in [6.07, 6.45) is 1.04. The van der Waals surface area contributed by atoms with Gasteiger partial charge in [-0.3, -0.25) is 0 Å². The summed E-state index contributed by atoms with van der Waals surface area (Å²) in [5.74, 6) is 5.55. The van der Waals surface area contributed by atoms with Crippen LogP contribution in [0.25, 0.3) is 0 Å². The number of fused-ring (bicyclic) bond motifs is 1. The van der Waals surface area contributed by atoms with Crippen LogP contribution in [0.15, 0.2) is 16.5 Å². The molecule has 0 saturated heterocycles. The first-order valence-corrected chi connectivity index (χ1v) is 5.03. The maximum absolute atomic E-state index is 5.63. The Labute approximate surface area is 80.8 Å². The van der Waals surface area contributed by atoms with E-state index in [2.05, 4.69) is 16.5 Å². The number of nitrogens with zero attached hydrogens (tertiary/aromatic N) is 2. The van der Waals surface area contributed by atoms with Gasteiger partial charge in [0.05, 0.1) is 0 Å². The molecule has 1 aliphatic rings. The normalized spacial score (nSPS) is 17.2. The molecule has 0 bridgehead atoms. The van der Waals surface area contributed by atoms with Crippen LogP contribution in [0.3, 0.4) is 0 Å². The van der Waals surface area contributed by atoms with Crippen molar-refractivity contribution >= 4 is 17.3 Å². The van der Waals surface area contributed by atoms with Crippen molar-refractivity contribution in [3.63, 3.8) is 0 Å². The molecule has 0 amide bonds. The maximum atomic E-state index is 5.63. The molecule has 0 radical (unpaired) electrons. The van der Waals surface area contributed by atoms with Crippen LogP contribution < -0.4 is 11.6 Å². The monoisotopic (exact) mass is 196 g/mol. The van der Waals surface area contributed by atoms with Gasteiger partial charge in [-0.05, 0) is 23.4 Å². The second-order valence-corrected chi connectivity index (χ2v) is 4.03. The number of nitrogens with two attached hydrogens (primary N) is 2. The molecule has 4 N–H and O–H groups in total. The van der Waals surface area contributed by atoms with E-state index in [0.717, 1.165) is 19.5 Å². The largest absolute Gasteiger partial charge is 0.368 e. The van der Waals surface area contributed by atoms with Gasteiger partial charge in [-0.1, -0.05) is 0 Å². The average Bonchev–Trinajstić information content (AvgIpc) is 2.63. The summed E-state index contributed by atoms with van der Waals surface area (Å²) in [4.78, 5) is 3.45. The van der Waals surface area contributed by atoms with E-state index in [-0.39, 0.29) is 0 Å². The van der Waals surface area contributed by atoms with Crippen LogP contribution in [0.2, 0.25) is 0 Å². The van der Waals surface area contributed by atoms with Crippen molar-refractivity contribution in [1.29, 1.82) is 0 Å². The molecule has 0 atom stereocenters. The van der Waals surface area contributed by atoms with Crippen molar-refractivity contribution in [2.24, 2.45) is 16.7 Å². The van der Waals surface area contributed by atoms with E-state index in [0.29, 0.717) is 5.96 Å². The molecule has 4 nitrogen and oxygen atoms in total. The highest BCUT2D eigenvalue weighted by atomic mass is 32.1. The minimum atomic E-state index is 0.428. The minimum absolute atomic E-state index is 0.428. The Balaban J connectivity index is 2.17. The van der Waals surface area contributed by atoms with E-state index in [1.807, 2.05) is 16.2 Å². The molecule has 70 valence electrons. The second kappa shape index (κ2) is 3.26. The third-order valence-electron chi connectivity index (χ3n) is 2.26. The Hall–Kier alpha value is -1.23. The SMILES string of the molecule is NN=C(N)N1CCc2sccc2C1. The number of hydrazone groups is 1. The highest BCUT2D eigenvalue weighted by Gasteiger charge is 2.17. The van der Waals surface area contributed by atoms with E-state index >= 15 is 0 Å². The van der Waals surface area contributed by atoms with Crippen LogP contribution in [0.1, 0.15) is 10.4 Å². The van der Waals surface area contributed by atoms with Crippen LogP contribution >= 0.6 is 11.3 Å². The van der Waals surface area contributed by atoms with Gasteiger partial charge < -0.3 is 16.5 Å². The summed E-state index contributed by atoms with van der Waals surface area (Å²) in [6.45, 7) is 1.76. The first-order valence-electron chi connectivity index (χ1n) is 4.15. The number of thiophene rings is 1. The molecule has 2 heterocycles. The smallest absolute Gasteiger partial charge is 0.213 e. The molecule has 0 unspecified atom stereocenters. The maximum Gasteiger partial charge on any atom is 0.213 e. The van der Waals surface area contributed by atoms with E-state index in [1.165, 1.54) is 10.4 Å². The van der Waals surface area contributed by atoms with Gasteiger partial charge in [-0.15, -0.1) is 16.4 Å². The lowest BCUT2D eigenvalue weighted by Gasteiger charge is -2.27. The van der Waals surface area contributed by atoms with Crippen molar-refractivity contribution in [3.05, 3.63) is 21.9 Å². The molecule has 0 aromatic carbocycles. The molecule has 1 aromatic rings. The topological polar surface area (TPSA) is 67.6 Å². The molecular weight excluding hydrogens is 184 g/mol. The Bertz CT molecular complexity index is 331. The molecule has 2 rings (SSSR count). The first kappa shape index (κ1) is 8.37. The summed E-state index contributed by atoms with van der Waals surface area (Å²) in [5.41, 5.74) is 6.98. The van der Waals surface area contributed by atoms with Gasteiger partial charge >= 0.3 is 0 Å². The summed E-state index contributed by atoms with van der Waals surface area (Å²) in [5, 5.41) is 5.61. The standard InChI is InChI=1S/C8H12N4S/c9-8(11-10)12-3-1-7-6(5-12)2-4-13-7/h2,4H,1,3,5,10H2,(H2,9,11). The lowest BCUT2D eigenvalue weighted by Crippen LogP contribution is -2.41. The Morgan fingerprint density at radius 3 is 3.23 bits per heavy atom. The average molecular weight is 196 g/mol. The fourth-order valence-electron chi connectivity index (χ4n) is 1.53. The van der Waals surface area contributed by atoms with Gasteiger partial charge in [-0.25, -0.2) is 0 Å². The van der Waals surface area contributed by atoms with Crippen LogP contribution in [0.4, 0.5) is 0 Å². The molecule has 0 fully saturated rings. The van der Waals surface area contributed by atoms with E-state index in [4.69, 9.17) is 11.6 Å². The van der Waals surface area contributed by atoms with Crippen molar-refractivity contribution in [2.45, 2.75) is 13.0 Å². The van der Waals surface area contributed by atoms with Gasteiger partial charge in [0.15, 0.2) is 0 Å². The predicted octanol–water partition coefficient (Wildman–Crippen LogP) is 0.295. The third-order valence-corrected chi connectivity index (χ3v) is 3.29. The van der Waals surface area contributed by atoms with E-state index in [9.17, 15) is 0 Å². The van der Waals surface area contributed by atoms with Gasteiger partial charge in [0, 0.05) is 18.0 Å². The Morgan fingerprint density at radius 1 is 1.62 bits per heavy atom. The third kappa shape index (κ3) is 1.47. The number of hydrogen-bond acceptors (Lipinski definition) is 3. The molecule has 13 heavy (non-hydrogen) atoms. The van der Waals surface area contributed by atoms with Crippen LogP contribution in [-0.2, 0) is 13.0 Å². The van der Waals surface area contributed by atoms with Crippen molar-refractivity contribution < 1.29 is 0 Å². The first-order chi connectivity index (χ1) is 6.31. The molecule has 0 spiro atoms. The number of guanidine groups is 1. The van der Waals surface area contributed by atoms with Gasteiger partial charge in [0.1, 0.15) is 0 Å². The van der Waals surface area contributed by atoms with Crippen LogP contribution in [0.5, 0.6) is 0 Å². The van der Waals surface area contributed by atoms with Crippen molar-refractivity contribution in [3.8, 4) is 0 Å². The zero-order chi connectivity index (χ0) is 9.26. The molecule has 1 aliphatic heterocycles. The lowest BCUT2D eigenvalue weighted by molar-refractivity contribution is 0.392. The van der Waals surface area contributed by atoms with Crippen LogP contribution in [-0.4, -0.2) is 17.4 Å². The molecule has 0 saturated carbocycles. The Morgan fingerprint density at radius 2 is 2.46 bits per heavy atom. The number of hydrogen-bond donors (Lipinski definition) is 2. The molecule has 5 heteroatoms. The zero-order valence-corrected chi connectivity index (χ0v) is 8.05. The van der Waals surface area contributed by atoms with E-state index in [1.54, 1.807) is 0 Å². The van der Waals surface area contributed by atoms with Crippen molar-refractivity contribution in [2.75, 3.05) is 6.54 Å². The Kier molecular flexibility index (Phi) is 2.10. The predicted molar refractivity (Wildman–Crippen MR) is 54.2 cm³/mol. The summed E-state index contributed by atoms with van der Waals surface area (Å²) >= 11 is 1.81. The van der Waals surface area contributed by atoms with Crippen LogP contribution in [0, 0.1) is 0 Å². The van der Waals surface area contributed by atoms with Gasteiger partial charge in [-0.2, -0.15) is 0 Å². The summed E-state index contributed by atoms with van der Waals surface area (Å²) in [7, 11) is 0. The minimum Gasteiger partial charge on any atom is -0.368 e. The summed E-state index contributed by atoms with van der Waals surface area (Å²) < 4.78 is 0. The molecule has 0 aliphatic carbocycles. The molecule has 1 aromatic heterocycles. The second-order valence-electron chi connectivity index (χ2n) is 3.03. The summed E-state index contributed by atoms with van der Waals surface area (Å²) in [6, 6.07) is 2.13. The van der Waals surface area contributed by atoms with E-state index < -0.39 is 0 Å². The number of rotatable bonds is 0. The van der Waals surface area contributed by atoms with Gasteiger partial charge in [0.25, 0.3) is 0 Å². The molecular formula is C8H12N4S. The lowest BCUT2D eigenvalue weighted by atomic mass is 10.1. The van der Waals surface area contributed by atoms with Crippen molar-refractivity contribution in [1.82, 2.24) is 4.90 Å². The highest BCUT2D eigenvalue weighted by molar-refractivity contribution is 7.10. The van der Waals surface area contributed by atoms with Gasteiger partial charge in [0.2, 0.25) is 5.96 Å².